The van der Waals surface area contributed by atoms with Crippen molar-refractivity contribution in [1.82, 2.24) is 19.1 Å². The zero-order valence-corrected chi connectivity index (χ0v) is 25.2. The van der Waals surface area contributed by atoms with Gasteiger partial charge in [-0.3, -0.25) is 9.55 Å². The van der Waals surface area contributed by atoms with Gasteiger partial charge in [0.05, 0.1) is 33.6 Å². The summed E-state index contributed by atoms with van der Waals surface area (Å²) in [5.41, 5.74) is 14.4. The quantitative estimate of drug-likeness (QED) is 0.198. The minimum atomic E-state index is -0.179. The second-order valence-corrected chi connectivity index (χ2v) is 13.5. The predicted octanol–water partition coefficient (Wildman–Crippen LogP) is 9.62. The first-order chi connectivity index (χ1) is 21.4. The number of aromatic nitrogens is 4. The Bertz CT molecular complexity index is 2560. The van der Waals surface area contributed by atoms with Crippen molar-refractivity contribution in [3.63, 3.8) is 0 Å². The molecule has 4 heteroatoms. The molecule has 0 aliphatic carbocycles. The summed E-state index contributed by atoms with van der Waals surface area (Å²) in [5.74, 6) is 0. The Morgan fingerprint density at radius 3 is 2.14 bits per heavy atom. The monoisotopic (exact) mass is 566 g/mol. The van der Waals surface area contributed by atoms with Crippen LogP contribution in [0.5, 0.6) is 0 Å². The molecule has 10 rings (SSSR count). The van der Waals surface area contributed by atoms with E-state index in [9.17, 15) is 0 Å². The van der Waals surface area contributed by atoms with Crippen LogP contribution in [0.3, 0.4) is 0 Å². The number of fused-ring (bicyclic) bond motifs is 10. The summed E-state index contributed by atoms with van der Waals surface area (Å²) >= 11 is 0. The molecule has 0 spiro atoms. The maximum absolute atomic E-state index is 4.90. The van der Waals surface area contributed by atoms with Crippen LogP contribution in [0, 0.1) is 0 Å². The number of hydrogen-bond donors (Lipinski definition) is 0. The lowest BCUT2D eigenvalue weighted by atomic mass is 9.74. The highest BCUT2D eigenvalue weighted by molar-refractivity contribution is 6.14. The molecule has 0 atom stereocenters. The van der Waals surface area contributed by atoms with E-state index in [0.29, 0.717) is 0 Å². The molecule has 8 aromatic rings. The molecular formula is C40H30N4. The van der Waals surface area contributed by atoms with E-state index in [2.05, 4.69) is 134 Å². The van der Waals surface area contributed by atoms with Crippen LogP contribution in [-0.2, 0) is 10.8 Å². The molecule has 0 amide bonds. The van der Waals surface area contributed by atoms with Gasteiger partial charge < -0.3 is 4.57 Å². The summed E-state index contributed by atoms with van der Waals surface area (Å²) in [6.45, 7) is 9.32. The fraction of sp³-hybridized carbons (Fsp3) is 0.150. The topological polar surface area (TPSA) is 35.6 Å². The van der Waals surface area contributed by atoms with Crippen molar-refractivity contribution in [1.29, 1.82) is 0 Å². The maximum Gasteiger partial charge on any atom is 0.145 e. The highest BCUT2D eigenvalue weighted by Gasteiger charge is 2.37. The summed E-state index contributed by atoms with van der Waals surface area (Å²) in [6, 6.07) is 36.0. The molecule has 0 N–H and O–H groups in total. The average molecular weight is 567 g/mol. The standard InChI is InChI=1S/C40H30N4/c1-39(2)29-12-5-6-14-33(29)44-36-28(26-11-8-19-42-38(26)44)21-24(22-31(36)39)23-16-17-32-27(20-23)25-10-7-13-30-35(25)43(32)34-15-9-18-41-37(34)40(30,3)4/h5-22H,1-4H3. The number of para-hydroxylation sites is 2. The molecule has 0 saturated heterocycles. The normalized spacial score (nSPS) is 15.6. The Balaban J connectivity index is 1.29. The maximum atomic E-state index is 4.90. The van der Waals surface area contributed by atoms with Crippen LogP contribution in [-0.4, -0.2) is 19.1 Å². The van der Waals surface area contributed by atoms with Crippen LogP contribution < -0.4 is 0 Å². The largest absolute Gasteiger partial charge is 0.307 e. The van der Waals surface area contributed by atoms with Gasteiger partial charge in [-0.2, -0.15) is 0 Å². The van der Waals surface area contributed by atoms with Crippen LogP contribution in [0.15, 0.2) is 109 Å². The predicted molar refractivity (Wildman–Crippen MR) is 180 cm³/mol. The van der Waals surface area contributed by atoms with Crippen LogP contribution in [0.4, 0.5) is 0 Å². The molecule has 44 heavy (non-hydrogen) atoms. The molecule has 4 aromatic carbocycles. The van der Waals surface area contributed by atoms with E-state index in [1.54, 1.807) is 0 Å². The second-order valence-electron chi connectivity index (χ2n) is 13.5. The van der Waals surface area contributed by atoms with Crippen molar-refractivity contribution in [2.24, 2.45) is 0 Å². The van der Waals surface area contributed by atoms with Gasteiger partial charge in [0.25, 0.3) is 0 Å². The average Bonchev–Trinajstić information content (AvgIpc) is 3.56. The van der Waals surface area contributed by atoms with Crippen molar-refractivity contribution in [3.05, 3.63) is 132 Å². The minimum absolute atomic E-state index is 0.161. The van der Waals surface area contributed by atoms with E-state index in [0.717, 1.165) is 11.3 Å². The third-order valence-corrected chi connectivity index (χ3v) is 10.5. The van der Waals surface area contributed by atoms with Gasteiger partial charge in [0.1, 0.15) is 5.65 Å². The number of nitrogens with zero attached hydrogens (tertiary/aromatic N) is 4. The van der Waals surface area contributed by atoms with Crippen molar-refractivity contribution in [3.8, 4) is 22.5 Å². The fourth-order valence-electron chi connectivity index (χ4n) is 8.38. The molecule has 0 unspecified atom stereocenters. The van der Waals surface area contributed by atoms with Crippen LogP contribution in [0.25, 0.3) is 66.2 Å². The van der Waals surface area contributed by atoms with E-state index < -0.39 is 0 Å². The lowest BCUT2D eigenvalue weighted by molar-refractivity contribution is 0.606. The summed E-state index contributed by atoms with van der Waals surface area (Å²) in [6.07, 6.45) is 3.83. The Hall–Kier alpha value is -5.22. The van der Waals surface area contributed by atoms with Crippen LogP contribution in [0.2, 0.25) is 0 Å². The molecular weight excluding hydrogens is 536 g/mol. The van der Waals surface area contributed by atoms with Crippen LogP contribution in [0.1, 0.15) is 50.1 Å². The van der Waals surface area contributed by atoms with Gasteiger partial charge in [0, 0.05) is 44.8 Å². The lowest BCUT2D eigenvalue weighted by Gasteiger charge is -2.34. The zero-order valence-electron chi connectivity index (χ0n) is 25.2. The van der Waals surface area contributed by atoms with Gasteiger partial charge in [-0.05, 0) is 96.3 Å². The molecule has 2 aliphatic rings. The van der Waals surface area contributed by atoms with E-state index in [-0.39, 0.29) is 10.8 Å². The zero-order chi connectivity index (χ0) is 29.5. The Morgan fingerprint density at radius 1 is 0.500 bits per heavy atom. The first-order valence-corrected chi connectivity index (χ1v) is 15.4. The molecule has 0 fully saturated rings. The van der Waals surface area contributed by atoms with Crippen molar-refractivity contribution >= 4 is 43.7 Å². The molecule has 0 radical (unpaired) electrons. The molecule has 2 aliphatic heterocycles. The molecule has 0 saturated carbocycles. The van der Waals surface area contributed by atoms with E-state index >= 15 is 0 Å². The Kier molecular flexibility index (Phi) is 4.32. The van der Waals surface area contributed by atoms with Gasteiger partial charge >= 0.3 is 0 Å². The Morgan fingerprint density at radius 2 is 1.23 bits per heavy atom. The molecule has 4 aromatic heterocycles. The number of hydrogen-bond acceptors (Lipinski definition) is 2. The molecule has 210 valence electrons. The summed E-state index contributed by atoms with van der Waals surface area (Å²) in [7, 11) is 0. The first-order valence-electron chi connectivity index (χ1n) is 15.4. The fourth-order valence-corrected chi connectivity index (χ4v) is 8.38. The van der Waals surface area contributed by atoms with Crippen LogP contribution >= 0.6 is 0 Å². The smallest absolute Gasteiger partial charge is 0.145 e. The third kappa shape index (κ3) is 2.75. The number of pyridine rings is 2. The number of rotatable bonds is 1. The minimum Gasteiger partial charge on any atom is -0.307 e. The van der Waals surface area contributed by atoms with Crippen molar-refractivity contribution in [2.45, 2.75) is 38.5 Å². The molecule has 0 bridgehead atoms. The summed E-state index contributed by atoms with van der Waals surface area (Å²) in [4.78, 5) is 9.79. The SMILES string of the molecule is CC1(C)c2ncccc2-n2c3ccc(-c4cc5c6c(c4)c4cccnc4n6-c4ccccc4C5(C)C)cc3c3cccc1c32. The van der Waals surface area contributed by atoms with Crippen molar-refractivity contribution in [2.75, 3.05) is 0 Å². The highest BCUT2D eigenvalue weighted by Crippen LogP contribution is 2.50. The van der Waals surface area contributed by atoms with E-state index in [1.165, 1.54) is 77.3 Å². The lowest BCUT2D eigenvalue weighted by Crippen LogP contribution is -2.27. The highest BCUT2D eigenvalue weighted by atomic mass is 15.1. The van der Waals surface area contributed by atoms with Gasteiger partial charge in [-0.25, -0.2) is 4.98 Å². The van der Waals surface area contributed by atoms with Gasteiger partial charge in [0.2, 0.25) is 0 Å². The second kappa shape index (κ2) is 7.83. The summed E-state index contributed by atoms with van der Waals surface area (Å²) < 4.78 is 4.81. The number of benzene rings is 4. The molecule has 6 heterocycles. The molecule has 4 nitrogen and oxygen atoms in total. The Labute approximate surface area is 255 Å². The van der Waals surface area contributed by atoms with Gasteiger partial charge in [-0.15, -0.1) is 0 Å². The van der Waals surface area contributed by atoms with E-state index in [1.807, 2.05) is 12.4 Å². The summed E-state index contributed by atoms with van der Waals surface area (Å²) in [5, 5.41) is 5.01. The van der Waals surface area contributed by atoms with Crippen molar-refractivity contribution < 1.29 is 0 Å². The third-order valence-electron chi connectivity index (χ3n) is 10.5. The van der Waals surface area contributed by atoms with E-state index in [4.69, 9.17) is 9.97 Å². The first kappa shape index (κ1) is 24.2. The van der Waals surface area contributed by atoms with Gasteiger partial charge in [0.15, 0.2) is 0 Å². The van der Waals surface area contributed by atoms with Gasteiger partial charge in [-0.1, -0.05) is 56.3 Å².